The molecule has 0 spiro atoms. The Labute approximate surface area is 170 Å². The van der Waals surface area contributed by atoms with Crippen LogP contribution in [0.4, 0.5) is 4.39 Å². The predicted octanol–water partition coefficient (Wildman–Crippen LogP) is 0.730. The van der Waals surface area contributed by atoms with Crippen molar-refractivity contribution in [3.05, 3.63) is 60.1 Å². The van der Waals surface area contributed by atoms with E-state index in [1.807, 2.05) is 0 Å². The van der Waals surface area contributed by atoms with Gasteiger partial charge < -0.3 is 25.0 Å². The van der Waals surface area contributed by atoms with Crippen molar-refractivity contribution in [2.24, 2.45) is 0 Å². The van der Waals surface area contributed by atoms with Gasteiger partial charge in [-0.1, -0.05) is 12.1 Å². The van der Waals surface area contributed by atoms with Crippen molar-refractivity contribution >= 4 is 22.7 Å². The van der Waals surface area contributed by atoms with E-state index in [0.29, 0.717) is 5.39 Å². The van der Waals surface area contributed by atoms with Gasteiger partial charge in [0.25, 0.3) is 11.8 Å². The SMILES string of the molecule is O=C(NC[C@@]1(O)COCCN(C(=O)c2cc3cccc(F)c3[nH]2)C1)c1cnccn1. The first-order valence-electron chi connectivity index (χ1n) is 9.36. The number of halogens is 1. The lowest BCUT2D eigenvalue weighted by molar-refractivity contribution is -0.0324. The summed E-state index contributed by atoms with van der Waals surface area (Å²) in [6.07, 6.45) is 4.15. The van der Waals surface area contributed by atoms with Gasteiger partial charge in [0, 0.05) is 24.3 Å². The zero-order valence-corrected chi connectivity index (χ0v) is 16.0. The maximum Gasteiger partial charge on any atom is 0.271 e. The summed E-state index contributed by atoms with van der Waals surface area (Å²) in [5.41, 5.74) is -0.925. The molecule has 1 saturated heterocycles. The number of rotatable bonds is 4. The van der Waals surface area contributed by atoms with Crippen LogP contribution in [0.25, 0.3) is 10.9 Å². The van der Waals surface area contributed by atoms with Gasteiger partial charge >= 0.3 is 0 Å². The van der Waals surface area contributed by atoms with Gasteiger partial charge in [-0.15, -0.1) is 0 Å². The molecule has 0 saturated carbocycles. The number of aliphatic hydroxyl groups is 1. The standard InChI is InChI=1S/C20H20FN5O4/c21-14-3-1-2-13-8-15(25-17(13)14)19(28)26-6-7-30-12-20(29,11-26)10-24-18(27)16-9-22-4-5-23-16/h1-5,8-9,25,29H,6-7,10-12H2,(H,24,27)/t20-/m0/s1. The lowest BCUT2D eigenvalue weighted by Gasteiger charge is -2.30. The molecule has 1 atom stereocenters. The molecule has 2 amide bonds. The second kappa shape index (κ2) is 8.17. The van der Waals surface area contributed by atoms with Crippen LogP contribution in [-0.2, 0) is 4.74 Å². The average molecular weight is 413 g/mol. The van der Waals surface area contributed by atoms with Gasteiger partial charge in [0.05, 0.1) is 38.0 Å². The minimum atomic E-state index is -1.50. The second-order valence-corrected chi connectivity index (χ2v) is 7.16. The average Bonchev–Trinajstić information content (AvgIpc) is 3.10. The van der Waals surface area contributed by atoms with E-state index in [0.717, 1.165) is 0 Å². The molecule has 156 valence electrons. The summed E-state index contributed by atoms with van der Waals surface area (Å²) >= 11 is 0. The van der Waals surface area contributed by atoms with Gasteiger partial charge in [0.15, 0.2) is 0 Å². The topological polar surface area (TPSA) is 120 Å². The number of ether oxygens (including phenoxy) is 1. The van der Waals surface area contributed by atoms with Gasteiger partial charge in [-0.05, 0) is 12.1 Å². The maximum absolute atomic E-state index is 13.9. The van der Waals surface area contributed by atoms with E-state index in [1.165, 1.54) is 29.6 Å². The number of β-amino-alcohol motifs (C(OH)–C–C–N with tert-alkyl or cyclic N) is 1. The zero-order chi connectivity index (χ0) is 21.1. The summed E-state index contributed by atoms with van der Waals surface area (Å²) in [5, 5.41) is 14.1. The van der Waals surface area contributed by atoms with Crippen LogP contribution in [0.15, 0.2) is 42.9 Å². The summed E-state index contributed by atoms with van der Waals surface area (Å²) in [5.74, 6) is -1.34. The van der Waals surface area contributed by atoms with Crippen LogP contribution in [0.3, 0.4) is 0 Å². The molecule has 0 aliphatic carbocycles. The molecule has 1 aliphatic heterocycles. The molecule has 0 bridgehead atoms. The molecule has 9 nitrogen and oxygen atoms in total. The summed E-state index contributed by atoms with van der Waals surface area (Å²) in [7, 11) is 0. The Bertz CT molecular complexity index is 1070. The predicted molar refractivity (Wildman–Crippen MR) is 104 cm³/mol. The van der Waals surface area contributed by atoms with Crippen LogP contribution in [0.5, 0.6) is 0 Å². The minimum Gasteiger partial charge on any atom is -0.384 e. The van der Waals surface area contributed by atoms with Crippen LogP contribution in [-0.4, -0.2) is 75.2 Å². The number of nitrogens with zero attached hydrogens (tertiary/aromatic N) is 3. The second-order valence-electron chi connectivity index (χ2n) is 7.16. The molecule has 1 aromatic carbocycles. The van der Waals surface area contributed by atoms with Crippen molar-refractivity contribution in [3.8, 4) is 0 Å². The Morgan fingerprint density at radius 1 is 1.37 bits per heavy atom. The fourth-order valence-corrected chi connectivity index (χ4v) is 3.35. The number of nitrogens with one attached hydrogen (secondary N) is 2. The first kappa shape index (κ1) is 19.9. The van der Waals surface area contributed by atoms with Crippen molar-refractivity contribution in [1.29, 1.82) is 0 Å². The molecule has 0 radical (unpaired) electrons. The summed E-state index contributed by atoms with van der Waals surface area (Å²) in [4.78, 5) is 37.1. The highest BCUT2D eigenvalue weighted by Crippen LogP contribution is 2.21. The monoisotopic (exact) mass is 413 g/mol. The Morgan fingerprint density at radius 3 is 3.00 bits per heavy atom. The largest absolute Gasteiger partial charge is 0.384 e. The maximum atomic E-state index is 13.9. The van der Waals surface area contributed by atoms with Crippen molar-refractivity contribution in [1.82, 2.24) is 25.2 Å². The number of carbonyl (C=O) groups is 2. The van der Waals surface area contributed by atoms with Crippen LogP contribution in [0.1, 0.15) is 21.0 Å². The summed E-state index contributed by atoms with van der Waals surface area (Å²) in [6, 6.07) is 6.15. The number of fused-ring (bicyclic) bond motifs is 1. The van der Waals surface area contributed by atoms with Crippen LogP contribution in [0, 0.1) is 5.82 Å². The number of aromatic amines is 1. The first-order chi connectivity index (χ1) is 14.5. The Kier molecular flexibility index (Phi) is 5.42. The number of para-hydroxylation sites is 1. The number of aromatic nitrogens is 3. The molecule has 1 aliphatic rings. The third kappa shape index (κ3) is 4.14. The van der Waals surface area contributed by atoms with Gasteiger partial charge in [0.2, 0.25) is 0 Å². The molecule has 4 rings (SSSR count). The number of H-pyrrole nitrogens is 1. The van der Waals surface area contributed by atoms with E-state index >= 15 is 0 Å². The highest BCUT2D eigenvalue weighted by molar-refractivity contribution is 5.98. The molecule has 3 aromatic rings. The molecular weight excluding hydrogens is 393 g/mol. The van der Waals surface area contributed by atoms with Gasteiger partial charge in [-0.2, -0.15) is 0 Å². The van der Waals surface area contributed by atoms with Crippen LogP contribution >= 0.6 is 0 Å². The third-order valence-electron chi connectivity index (χ3n) is 4.86. The molecule has 2 aromatic heterocycles. The van der Waals surface area contributed by atoms with Crippen LogP contribution in [0.2, 0.25) is 0 Å². The Balaban J connectivity index is 1.48. The van der Waals surface area contributed by atoms with Gasteiger partial charge in [-0.25, -0.2) is 9.37 Å². The lowest BCUT2D eigenvalue weighted by atomic mass is 10.0. The lowest BCUT2D eigenvalue weighted by Crippen LogP contribution is -2.53. The molecule has 3 N–H and O–H groups in total. The number of amides is 2. The van der Waals surface area contributed by atoms with E-state index in [4.69, 9.17) is 4.74 Å². The van der Waals surface area contributed by atoms with Crippen LogP contribution < -0.4 is 5.32 Å². The van der Waals surface area contributed by atoms with Crippen molar-refractivity contribution in [2.75, 3.05) is 32.8 Å². The highest BCUT2D eigenvalue weighted by Gasteiger charge is 2.35. The number of carbonyl (C=O) groups excluding carboxylic acids is 2. The van der Waals surface area contributed by atoms with Gasteiger partial charge in [-0.3, -0.25) is 14.6 Å². The fraction of sp³-hybridized carbons (Fsp3) is 0.300. The Hall–Kier alpha value is -3.37. The Morgan fingerprint density at radius 2 is 2.23 bits per heavy atom. The molecule has 3 heterocycles. The first-order valence-corrected chi connectivity index (χ1v) is 9.36. The van der Waals surface area contributed by atoms with E-state index in [1.54, 1.807) is 18.2 Å². The molecule has 1 fully saturated rings. The van der Waals surface area contributed by atoms with E-state index in [2.05, 4.69) is 20.3 Å². The van der Waals surface area contributed by atoms with Crippen molar-refractivity contribution in [2.45, 2.75) is 5.60 Å². The number of benzene rings is 1. The third-order valence-corrected chi connectivity index (χ3v) is 4.86. The number of hydrogen-bond acceptors (Lipinski definition) is 6. The van der Waals surface area contributed by atoms with E-state index in [-0.39, 0.29) is 49.8 Å². The summed E-state index contributed by atoms with van der Waals surface area (Å²) in [6.45, 7) is 0.203. The molecule has 10 heteroatoms. The molecule has 30 heavy (non-hydrogen) atoms. The molecular formula is C20H20FN5O4. The quantitative estimate of drug-likeness (QED) is 0.580. The number of hydrogen-bond donors (Lipinski definition) is 3. The summed E-state index contributed by atoms with van der Waals surface area (Å²) < 4.78 is 19.4. The normalized spacial score (nSPS) is 19.5. The highest BCUT2D eigenvalue weighted by atomic mass is 19.1. The van der Waals surface area contributed by atoms with Crippen molar-refractivity contribution < 1.29 is 23.8 Å². The zero-order valence-electron chi connectivity index (χ0n) is 16.0. The van der Waals surface area contributed by atoms with Crippen molar-refractivity contribution in [3.63, 3.8) is 0 Å². The molecule has 0 unspecified atom stereocenters. The smallest absolute Gasteiger partial charge is 0.271 e. The van der Waals surface area contributed by atoms with Gasteiger partial charge in [0.1, 0.15) is 22.8 Å². The van der Waals surface area contributed by atoms with E-state index in [9.17, 15) is 19.1 Å². The van der Waals surface area contributed by atoms with E-state index < -0.39 is 23.2 Å². The minimum absolute atomic E-state index is 0.0567. The fourth-order valence-electron chi connectivity index (χ4n) is 3.35.